The van der Waals surface area contributed by atoms with Crippen LogP contribution in [-0.2, 0) is 11.2 Å². The molecule has 1 aliphatic heterocycles. The summed E-state index contributed by atoms with van der Waals surface area (Å²) >= 11 is 0. The zero-order valence-corrected chi connectivity index (χ0v) is 15.9. The summed E-state index contributed by atoms with van der Waals surface area (Å²) in [6, 6.07) is 2.11. The van der Waals surface area contributed by atoms with E-state index in [0.29, 0.717) is 25.4 Å². The molecule has 2 heterocycles. The van der Waals surface area contributed by atoms with Gasteiger partial charge in [-0.15, -0.1) is 0 Å². The van der Waals surface area contributed by atoms with Crippen LogP contribution in [0.3, 0.4) is 0 Å². The fraction of sp³-hybridized carbons (Fsp3) is 0.737. The number of carbonyl (C=O) groups excluding carboxylic acids is 2. The molecule has 2 fully saturated rings. The standard InChI is InChI=1S/C19H30N4O4/c1-2-14-9-17(27-22-14)19(26)21-11-16-6-5-15(10-18(25)20-7-8-24)23(16)12-13-3-4-13/h9,13,15-16,24H,2-8,10-12H2,1H3,(H,20,25)(H,21,26)/t15-,16+/m1/s1. The highest BCUT2D eigenvalue weighted by Gasteiger charge is 2.38. The van der Waals surface area contributed by atoms with Gasteiger partial charge in [0.1, 0.15) is 0 Å². The van der Waals surface area contributed by atoms with Crippen molar-refractivity contribution in [1.82, 2.24) is 20.7 Å². The molecule has 0 radical (unpaired) electrons. The highest BCUT2D eigenvalue weighted by Crippen LogP contribution is 2.35. The van der Waals surface area contributed by atoms with Crippen LogP contribution in [0, 0.1) is 5.92 Å². The van der Waals surface area contributed by atoms with Crippen LogP contribution >= 0.6 is 0 Å². The zero-order valence-electron chi connectivity index (χ0n) is 15.9. The number of rotatable bonds is 10. The minimum atomic E-state index is -0.238. The molecule has 1 aromatic heterocycles. The largest absolute Gasteiger partial charge is 0.395 e. The molecule has 3 N–H and O–H groups in total. The normalized spacial score (nSPS) is 22.7. The van der Waals surface area contributed by atoms with E-state index in [9.17, 15) is 9.59 Å². The Labute approximate surface area is 159 Å². The van der Waals surface area contributed by atoms with Crippen molar-refractivity contribution in [3.63, 3.8) is 0 Å². The van der Waals surface area contributed by atoms with Gasteiger partial charge < -0.3 is 20.3 Å². The van der Waals surface area contributed by atoms with Crippen LogP contribution in [-0.4, -0.2) is 65.3 Å². The van der Waals surface area contributed by atoms with E-state index in [4.69, 9.17) is 9.63 Å². The predicted molar refractivity (Wildman–Crippen MR) is 99.2 cm³/mol. The SMILES string of the molecule is CCc1cc(C(=O)NC[C@@H]2CC[C@H](CC(=O)NCCO)N2CC2CC2)on1. The smallest absolute Gasteiger partial charge is 0.289 e. The summed E-state index contributed by atoms with van der Waals surface area (Å²) in [7, 11) is 0. The number of nitrogens with zero attached hydrogens (tertiary/aromatic N) is 2. The summed E-state index contributed by atoms with van der Waals surface area (Å²) in [5.41, 5.74) is 0.769. The first-order chi connectivity index (χ1) is 13.1. The molecule has 2 amide bonds. The Morgan fingerprint density at radius 2 is 2.04 bits per heavy atom. The molecule has 3 rings (SSSR count). The van der Waals surface area contributed by atoms with Crippen molar-refractivity contribution in [1.29, 1.82) is 0 Å². The van der Waals surface area contributed by atoms with E-state index in [1.165, 1.54) is 12.8 Å². The molecule has 1 aromatic rings. The fourth-order valence-corrected chi connectivity index (χ4v) is 3.71. The van der Waals surface area contributed by atoms with Gasteiger partial charge in [0.05, 0.1) is 12.3 Å². The monoisotopic (exact) mass is 378 g/mol. The summed E-state index contributed by atoms with van der Waals surface area (Å²) in [5.74, 6) is 0.704. The molecule has 0 spiro atoms. The Morgan fingerprint density at radius 1 is 1.26 bits per heavy atom. The van der Waals surface area contributed by atoms with Gasteiger partial charge >= 0.3 is 0 Å². The van der Waals surface area contributed by atoms with Gasteiger partial charge in [-0.05, 0) is 38.0 Å². The van der Waals surface area contributed by atoms with Crippen molar-refractivity contribution in [2.75, 3.05) is 26.2 Å². The first-order valence-corrected chi connectivity index (χ1v) is 9.97. The molecule has 0 bridgehead atoms. The molecule has 8 nitrogen and oxygen atoms in total. The highest BCUT2D eigenvalue weighted by atomic mass is 16.5. The van der Waals surface area contributed by atoms with Crippen LogP contribution in [0.1, 0.15) is 55.3 Å². The van der Waals surface area contributed by atoms with E-state index in [2.05, 4.69) is 20.7 Å². The molecule has 0 aromatic carbocycles. The van der Waals surface area contributed by atoms with E-state index in [1.54, 1.807) is 6.07 Å². The molecule has 27 heavy (non-hydrogen) atoms. The third kappa shape index (κ3) is 5.52. The third-order valence-electron chi connectivity index (χ3n) is 5.44. The summed E-state index contributed by atoms with van der Waals surface area (Å²) in [6.07, 6.45) is 5.57. The average molecular weight is 378 g/mol. The van der Waals surface area contributed by atoms with Gasteiger partial charge in [0, 0.05) is 44.2 Å². The van der Waals surface area contributed by atoms with Gasteiger partial charge in [-0.3, -0.25) is 14.5 Å². The Bertz CT molecular complexity index is 643. The van der Waals surface area contributed by atoms with E-state index in [-0.39, 0.29) is 36.3 Å². The summed E-state index contributed by atoms with van der Waals surface area (Å²) < 4.78 is 5.10. The minimum Gasteiger partial charge on any atom is -0.395 e. The molecule has 8 heteroatoms. The fourth-order valence-electron chi connectivity index (χ4n) is 3.71. The molecular formula is C19H30N4O4. The molecule has 2 aliphatic rings. The van der Waals surface area contributed by atoms with Gasteiger partial charge in [-0.2, -0.15) is 0 Å². The summed E-state index contributed by atoms with van der Waals surface area (Å²) in [5, 5.41) is 18.4. The molecule has 1 aliphatic carbocycles. The number of amides is 2. The second-order valence-corrected chi connectivity index (χ2v) is 7.55. The van der Waals surface area contributed by atoms with Gasteiger partial charge in [0.25, 0.3) is 5.91 Å². The van der Waals surface area contributed by atoms with Crippen molar-refractivity contribution in [2.45, 2.75) is 57.5 Å². The highest BCUT2D eigenvalue weighted by molar-refractivity contribution is 5.91. The first-order valence-electron chi connectivity index (χ1n) is 9.97. The minimum absolute atomic E-state index is 0.0201. The predicted octanol–water partition coefficient (Wildman–Crippen LogP) is 0.708. The molecular weight excluding hydrogens is 348 g/mol. The lowest BCUT2D eigenvalue weighted by Crippen LogP contribution is -2.45. The van der Waals surface area contributed by atoms with Crippen LogP contribution in [0.5, 0.6) is 0 Å². The maximum Gasteiger partial charge on any atom is 0.289 e. The lowest BCUT2D eigenvalue weighted by Gasteiger charge is -2.30. The van der Waals surface area contributed by atoms with Gasteiger partial charge in [-0.1, -0.05) is 12.1 Å². The number of hydrogen-bond acceptors (Lipinski definition) is 6. The van der Waals surface area contributed by atoms with Gasteiger partial charge in [0.15, 0.2) is 0 Å². The summed E-state index contributed by atoms with van der Waals surface area (Å²) in [4.78, 5) is 26.8. The second kappa shape index (κ2) is 9.32. The quantitative estimate of drug-likeness (QED) is 0.553. The van der Waals surface area contributed by atoms with Crippen molar-refractivity contribution in [3.8, 4) is 0 Å². The average Bonchev–Trinajstić information content (AvgIpc) is 3.22. The number of likely N-dealkylation sites (tertiary alicyclic amines) is 1. The molecule has 150 valence electrons. The second-order valence-electron chi connectivity index (χ2n) is 7.55. The topological polar surface area (TPSA) is 108 Å². The molecule has 1 saturated heterocycles. The van der Waals surface area contributed by atoms with Crippen molar-refractivity contribution < 1.29 is 19.2 Å². The number of aryl methyl sites for hydroxylation is 1. The number of aromatic nitrogens is 1. The Kier molecular flexibility index (Phi) is 6.84. The van der Waals surface area contributed by atoms with Crippen molar-refractivity contribution in [2.24, 2.45) is 5.92 Å². The van der Waals surface area contributed by atoms with E-state index >= 15 is 0 Å². The summed E-state index contributed by atoms with van der Waals surface area (Å²) in [6.45, 7) is 3.75. The lowest BCUT2D eigenvalue weighted by molar-refractivity contribution is -0.122. The number of aliphatic hydroxyl groups excluding tert-OH is 1. The number of aliphatic hydroxyl groups is 1. The zero-order chi connectivity index (χ0) is 19.2. The van der Waals surface area contributed by atoms with Crippen molar-refractivity contribution >= 4 is 11.8 Å². The number of carbonyl (C=O) groups is 2. The Balaban J connectivity index is 1.53. The van der Waals surface area contributed by atoms with Crippen LogP contribution in [0.25, 0.3) is 0 Å². The van der Waals surface area contributed by atoms with Crippen LogP contribution < -0.4 is 10.6 Å². The van der Waals surface area contributed by atoms with Crippen LogP contribution in [0.15, 0.2) is 10.6 Å². The maximum absolute atomic E-state index is 12.3. The number of hydrogen-bond donors (Lipinski definition) is 3. The maximum atomic E-state index is 12.3. The molecule has 0 unspecified atom stereocenters. The Morgan fingerprint density at radius 3 is 2.70 bits per heavy atom. The third-order valence-corrected chi connectivity index (χ3v) is 5.44. The molecule has 1 saturated carbocycles. The lowest BCUT2D eigenvalue weighted by atomic mass is 10.1. The number of nitrogens with one attached hydrogen (secondary N) is 2. The van der Waals surface area contributed by atoms with Gasteiger partial charge in [-0.25, -0.2) is 0 Å². The van der Waals surface area contributed by atoms with E-state index in [0.717, 1.165) is 31.5 Å². The van der Waals surface area contributed by atoms with Gasteiger partial charge in [0.2, 0.25) is 11.7 Å². The Hall–Kier alpha value is -1.93. The molecule has 2 atom stereocenters. The van der Waals surface area contributed by atoms with Crippen LogP contribution in [0.2, 0.25) is 0 Å². The van der Waals surface area contributed by atoms with Crippen molar-refractivity contribution in [3.05, 3.63) is 17.5 Å². The van der Waals surface area contributed by atoms with Crippen LogP contribution in [0.4, 0.5) is 0 Å². The van der Waals surface area contributed by atoms with E-state index in [1.807, 2.05) is 6.92 Å². The first kappa shape index (κ1) is 19.8. The van der Waals surface area contributed by atoms with E-state index < -0.39 is 0 Å².